The first-order chi connectivity index (χ1) is 12.7. The van der Waals surface area contributed by atoms with Gasteiger partial charge in [-0.3, -0.25) is 9.36 Å². The van der Waals surface area contributed by atoms with Crippen LogP contribution in [0.5, 0.6) is 0 Å². The molecule has 0 saturated carbocycles. The molecule has 0 fully saturated rings. The molecule has 1 amide bonds. The summed E-state index contributed by atoms with van der Waals surface area (Å²) in [5.41, 5.74) is 2.22. The smallest absolute Gasteiger partial charge is 0.256 e. The van der Waals surface area contributed by atoms with Crippen LogP contribution >= 0.6 is 11.3 Å². The van der Waals surface area contributed by atoms with Crippen molar-refractivity contribution in [2.24, 2.45) is 0 Å². The summed E-state index contributed by atoms with van der Waals surface area (Å²) in [5.74, 6) is 0.990. The maximum Gasteiger partial charge on any atom is 0.256 e. The zero-order valence-electron chi connectivity index (χ0n) is 14.7. The number of nitrogens with one attached hydrogen (secondary N) is 1. The molecule has 1 aliphatic rings. The van der Waals surface area contributed by atoms with Crippen LogP contribution in [0.25, 0.3) is 16.5 Å². The van der Waals surface area contributed by atoms with Crippen LogP contribution in [0.15, 0.2) is 22.3 Å². The topological polar surface area (TPSA) is 89.1 Å². The summed E-state index contributed by atoms with van der Waals surface area (Å²) in [4.78, 5) is 23.2. The van der Waals surface area contributed by atoms with Gasteiger partial charge in [-0.2, -0.15) is 4.98 Å². The lowest BCUT2D eigenvalue weighted by atomic mass is 10.3. The van der Waals surface area contributed by atoms with Gasteiger partial charge in [-0.15, -0.1) is 11.3 Å². The Bertz CT molecular complexity index is 927. The van der Waals surface area contributed by atoms with E-state index in [0.717, 1.165) is 30.1 Å². The molecule has 3 aromatic rings. The first kappa shape index (κ1) is 16.9. The van der Waals surface area contributed by atoms with Crippen LogP contribution in [0.3, 0.4) is 0 Å². The molecule has 0 saturated heterocycles. The van der Waals surface area contributed by atoms with Crippen molar-refractivity contribution in [2.75, 3.05) is 13.6 Å². The highest BCUT2D eigenvalue weighted by Crippen LogP contribution is 2.32. The molecule has 0 unspecified atom stereocenters. The third kappa shape index (κ3) is 2.93. The van der Waals surface area contributed by atoms with Gasteiger partial charge in [0.1, 0.15) is 17.0 Å². The molecule has 3 aromatic heterocycles. The molecule has 136 valence electrons. The predicted molar refractivity (Wildman–Crippen MR) is 97.1 cm³/mol. The lowest BCUT2D eigenvalue weighted by Crippen LogP contribution is -2.24. The second kappa shape index (κ2) is 7.00. The number of aromatic nitrogens is 4. The number of fused-ring (bicyclic) bond motifs is 3. The van der Waals surface area contributed by atoms with Crippen molar-refractivity contribution in [2.45, 2.75) is 32.9 Å². The van der Waals surface area contributed by atoms with Gasteiger partial charge in [0.15, 0.2) is 0 Å². The van der Waals surface area contributed by atoms with Gasteiger partial charge in [-0.05, 0) is 24.4 Å². The second-order valence-corrected chi connectivity index (χ2v) is 7.15. The number of hydrogen-bond acceptors (Lipinski definition) is 7. The quantitative estimate of drug-likeness (QED) is 0.669. The second-order valence-electron chi connectivity index (χ2n) is 6.25. The number of unbranched alkanes of at least 4 members (excludes halogenated alkanes) is 1. The van der Waals surface area contributed by atoms with Crippen LogP contribution in [0.4, 0.5) is 0 Å². The fourth-order valence-corrected chi connectivity index (χ4v) is 3.85. The summed E-state index contributed by atoms with van der Waals surface area (Å²) >= 11 is 1.52. The highest BCUT2D eigenvalue weighted by Gasteiger charge is 2.28. The Balaban J connectivity index is 1.63. The first-order valence-electron chi connectivity index (χ1n) is 8.62. The van der Waals surface area contributed by atoms with Gasteiger partial charge in [0.25, 0.3) is 5.91 Å². The highest BCUT2D eigenvalue weighted by atomic mass is 32.1. The molecule has 0 spiro atoms. The highest BCUT2D eigenvalue weighted by molar-refractivity contribution is 7.13. The molecule has 8 nitrogen and oxygen atoms in total. The van der Waals surface area contributed by atoms with Crippen molar-refractivity contribution >= 4 is 17.2 Å². The SMILES string of the molecule is CCCCNCc1nc(-c2ncn3c2CN(C)C(=O)c2ccsc2-3)no1. The van der Waals surface area contributed by atoms with E-state index in [4.69, 9.17) is 4.52 Å². The standard InChI is InChI=1S/C17H20N6O2S/c1-3-4-6-18-8-13-20-15(21-25-13)14-12-9-22(2)16(24)11-5-7-26-17(11)23(12)10-19-14/h5,7,10,18H,3-4,6,8-9H2,1-2H3. The minimum atomic E-state index is 0.00447. The summed E-state index contributed by atoms with van der Waals surface area (Å²) in [6.45, 7) is 4.05. The molecule has 1 aliphatic heterocycles. The minimum absolute atomic E-state index is 0.00447. The van der Waals surface area contributed by atoms with Crippen molar-refractivity contribution in [1.29, 1.82) is 0 Å². The van der Waals surface area contributed by atoms with Crippen molar-refractivity contribution in [1.82, 2.24) is 29.9 Å². The van der Waals surface area contributed by atoms with Gasteiger partial charge in [0.05, 0.1) is 24.3 Å². The van der Waals surface area contributed by atoms with Gasteiger partial charge >= 0.3 is 0 Å². The first-order valence-corrected chi connectivity index (χ1v) is 9.50. The third-order valence-corrected chi connectivity index (χ3v) is 5.27. The van der Waals surface area contributed by atoms with E-state index in [9.17, 15) is 4.79 Å². The number of carbonyl (C=O) groups is 1. The molecular weight excluding hydrogens is 352 g/mol. The number of thiophene rings is 1. The third-order valence-electron chi connectivity index (χ3n) is 4.36. The number of imidazole rings is 1. The van der Waals surface area contributed by atoms with Crippen LogP contribution in [-0.2, 0) is 13.1 Å². The van der Waals surface area contributed by atoms with Crippen molar-refractivity contribution < 1.29 is 9.32 Å². The maximum atomic E-state index is 12.5. The summed E-state index contributed by atoms with van der Waals surface area (Å²) < 4.78 is 7.29. The molecule has 4 heterocycles. The number of amides is 1. The Morgan fingerprint density at radius 1 is 1.42 bits per heavy atom. The van der Waals surface area contributed by atoms with Crippen LogP contribution in [0, 0.1) is 0 Å². The molecule has 0 radical (unpaired) electrons. The molecule has 1 N–H and O–H groups in total. The van der Waals surface area contributed by atoms with Gasteiger partial charge in [0, 0.05) is 7.05 Å². The van der Waals surface area contributed by atoms with Gasteiger partial charge in [-0.1, -0.05) is 18.5 Å². The zero-order valence-corrected chi connectivity index (χ0v) is 15.5. The minimum Gasteiger partial charge on any atom is -0.337 e. The van der Waals surface area contributed by atoms with E-state index in [1.807, 2.05) is 16.0 Å². The van der Waals surface area contributed by atoms with Crippen molar-refractivity contribution in [3.63, 3.8) is 0 Å². The number of nitrogens with zero attached hydrogens (tertiary/aromatic N) is 5. The Morgan fingerprint density at radius 3 is 3.15 bits per heavy atom. The van der Waals surface area contributed by atoms with E-state index in [2.05, 4.69) is 27.4 Å². The fraction of sp³-hybridized carbons (Fsp3) is 0.412. The maximum absolute atomic E-state index is 12.5. The lowest BCUT2D eigenvalue weighted by molar-refractivity contribution is 0.0788. The summed E-state index contributed by atoms with van der Waals surface area (Å²) in [6.07, 6.45) is 3.97. The molecule has 0 aliphatic carbocycles. The molecule has 0 aromatic carbocycles. The Kier molecular flexibility index (Phi) is 4.56. The monoisotopic (exact) mass is 372 g/mol. The predicted octanol–water partition coefficient (Wildman–Crippen LogP) is 2.46. The lowest BCUT2D eigenvalue weighted by Gasteiger charge is -2.13. The van der Waals surface area contributed by atoms with Gasteiger partial charge in [0.2, 0.25) is 11.7 Å². The van der Waals surface area contributed by atoms with Crippen LogP contribution in [-0.4, -0.2) is 44.1 Å². The zero-order chi connectivity index (χ0) is 18.1. The summed E-state index contributed by atoms with van der Waals surface area (Å²) in [7, 11) is 1.79. The van der Waals surface area contributed by atoms with E-state index >= 15 is 0 Å². The molecule has 4 rings (SSSR count). The van der Waals surface area contributed by atoms with E-state index in [-0.39, 0.29) is 5.91 Å². The van der Waals surface area contributed by atoms with Gasteiger partial charge in [-0.25, -0.2) is 4.98 Å². The summed E-state index contributed by atoms with van der Waals surface area (Å²) in [5, 5.41) is 10.2. The van der Waals surface area contributed by atoms with Crippen LogP contribution in [0.2, 0.25) is 0 Å². The van der Waals surface area contributed by atoms with Crippen LogP contribution in [0.1, 0.15) is 41.7 Å². The fourth-order valence-electron chi connectivity index (χ4n) is 2.96. The average molecular weight is 372 g/mol. The van der Waals surface area contributed by atoms with Gasteiger partial charge < -0.3 is 14.7 Å². The molecule has 0 atom stereocenters. The Morgan fingerprint density at radius 2 is 2.31 bits per heavy atom. The Hall–Kier alpha value is -2.52. The van der Waals surface area contributed by atoms with E-state index in [1.165, 1.54) is 11.3 Å². The average Bonchev–Trinajstić information content (AvgIpc) is 3.35. The van der Waals surface area contributed by atoms with Crippen molar-refractivity contribution in [3.05, 3.63) is 34.9 Å². The number of rotatable bonds is 6. The number of carbonyl (C=O) groups excluding carboxylic acids is 1. The molecular formula is C17H20N6O2S. The number of hydrogen-bond donors (Lipinski definition) is 1. The van der Waals surface area contributed by atoms with Crippen molar-refractivity contribution in [3.8, 4) is 16.5 Å². The summed E-state index contributed by atoms with van der Waals surface area (Å²) in [6, 6.07) is 1.85. The normalized spacial score (nSPS) is 13.6. The van der Waals surface area contributed by atoms with E-state index in [1.54, 1.807) is 18.3 Å². The Labute approximate surface area is 154 Å². The van der Waals surface area contributed by atoms with Crippen LogP contribution < -0.4 is 5.32 Å². The largest absolute Gasteiger partial charge is 0.337 e. The van der Waals surface area contributed by atoms with E-state index in [0.29, 0.717) is 36.1 Å². The molecule has 26 heavy (non-hydrogen) atoms. The molecule has 0 bridgehead atoms. The molecule has 9 heteroatoms. The van der Waals surface area contributed by atoms with E-state index < -0.39 is 0 Å².